The van der Waals surface area contributed by atoms with E-state index in [1.54, 1.807) is 0 Å². The van der Waals surface area contributed by atoms with Crippen LogP contribution in [-0.4, -0.2) is 26.3 Å². The van der Waals surface area contributed by atoms with Crippen molar-refractivity contribution in [2.45, 2.75) is 24.3 Å². The lowest BCUT2D eigenvalue weighted by Crippen LogP contribution is -2.22. The summed E-state index contributed by atoms with van der Waals surface area (Å²) >= 11 is 4.67. The van der Waals surface area contributed by atoms with E-state index >= 15 is 0 Å². The fraction of sp³-hybridized carbons (Fsp3) is 0.250. The molecule has 0 aliphatic carbocycles. The third-order valence-electron chi connectivity index (χ3n) is 2.34. The second-order valence-corrected chi connectivity index (χ2v) is 6.18. The molecule has 1 aromatic carbocycles. The van der Waals surface area contributed by atoms with E-state index in [1.165, 1.54) is 11.8 Å². The Morgan fingerprint density at radius 2 is 2.11 bits per heavy atom. The van der Waals surface area contributed by atoms with E-state index in [0.29, 0.717) is 5.16 Å². The van der Waals surface area contributed by atoms with Crippen LogP contribution in [0.1, 0.15) is 12.7 Å². The smallest absolute Gasteiger partial charge is 0.237 e. The molecule has 1 atom stereocenters. The Morgan fingerprint density at radius 1 is 1.42 bits per heavy atom. The van der Waals surface area contributed by atoms with Crippen molar-refractivity contribution >= 4 is 39.3 Å². The van der Waals surface area contributed by atoms with Gasteiger partial charge in [-0.25, -0.2) is 4.98 Å². The molecule has 1 aromatic heterocycles. The highest BCUT2D eigenvalue weighted by Gasteiger charge is 2.16. The number of aryl methyl sites for hydroxylation is 1. The maximum Gasteiger partial charge on any atom is 0.237 e. The Bertz CT molecular complexity index is 569. The summed E-state index contributed by atoms with van der Waals surface area (Å²) in [6, 6.07) is 7.45. The lowest BCUT2D eigenvalue weighted by molar-refractivity contribution is -0.115. The maximum absolute atomic E-state index is 12.0. The minimum Gasteiger partial charge on any atom is -0.325 e. The summed E-state index contributed by atoms with van der Waals surface area (Å²) in [5.41, 5.74) is 0.770. The Labute approximate surface area is 123 Å². The molecule has 0 radical (unpaired) electrons. The standard InChI is InChI=1S/C12H13BrN4OS/c1-7(19-12-14-8(2)16-17-12)11(18)15-10-5-3-9(13)4-6-10/h3-7H,1-2H3,(H,15,18)(H,14,16,17)/t7-/m1/s1. The van der Waals surface area contributed by atoms with Gasteiger partial charge >= 0.3 is 0 Å². The van der Waals surface area contributed by atoms with Gasteiger partial charge in [0.15, 0.2) is 0 Å². The van der Waals surface area contributed by atoms with Gasteiger partial charge in [0, 0.05) is 10.2 Å². The summed E-state index contributed by atoms with van der Waals surface area (Å²) in [6.07, 6.45) is 0. The van der Waals surface area contributed by atoms with Crippen LogP contribution < -0.4 is 5.32 Å². The van der Waals surface area contributed by atoms with Crippen LogP contribution in [0.5, 0.6) is 0 Å². The van der Waals surface area contributed by atoms with Crippen molar-refractivity contribution < 1.29 is 4.79 Å². The van der Waals surface area contributed by atoms with E-state index in [-0.39, 0.29) is 11.2 Å². The van der Waals surface area contributed by atoms with E-state index in [1.807, 2.05) is 38.1 Å². The highest BCUT2D eigenvalue weighted by Crippen LogP contribution is 2.21. The number of carbonyl (C=O) groups is 1. The van der Waals surface area contributed by atoms with Gasteiger partial charge in [0.2, 0.25) is 11.1 Å². The number of nitrogens with zero attached hydrogens (tertiary/aromatic N) is 2. The third kappa shape index (κ3) is 4.07. The van der Waals surface area contributed by atoms with Gasteiger partial charge in [0.1, 0.15) is 5.82 Å². The Kier molecular flexibility index (Phi) is 4.60. The fourth-order valence-corrected chi connectivity index (χ4v) is 2.40. The van der Waals surface area contributed by atoms with Crippen molar-refractivity contribution in [1.82, 2.24) is 15.2 Å². The number of aromatic amines is 1. The Hall–Kier alpha value is -1.34. The molecule has 0 aliphatic rings. The number of hydrogen-bond acceptors (Lipinski definition) is 4. The third-order valence-corrected chi connectivity index (χ3v) is 3.83. The van der Waals surface area contributed by atoms with Crippen molar-refractivity contribution in [1.29, 1.82) is 0 Å². The minimum atomic E-state index is -0.265. The monoisotopic (exact) mass is 340 g/mol. The predicted octanol–water partition coefficient (Wildman–Crippen LogP) is 2.99. The molecule has 0 aliphatic heterocycles. The van der Waals surface area contributed by atoms with Crippen LogP contribution in [0.15, 0.2) is 33.9 Å². The zero-order chi connectivity index (χ0) is 13.8. The van der Waals surface area contributed by atoms with Gasteiger partial charge in [-0.1, -0.05) is 27.7 Å². The summed E-state index contributed by atoms with van der Waals surface area (Å²) in [4.78, 5) is 16.2. The highest BCUT2D eigenvalue weighted by molar-refractivity contribution is 9.10. The number of nitrogens with one attached hydrogen (secondary N) is 2. The topological polar surface area (TPSA) is 70.7 Å². The number of carbonyl (C=O) groups excluding carboxylic acids is 1. The molecule has 5 nitrogen and oxygen atoms in total. The van der Waals surface area contributed by atoms with Crippen LogP contribution in [0, 0.1) is 6.92 Å². The molecule has 0 saturated heterocycles. The van der Waals surface area contributed by atoms with Crippen molar-refractivity contribution in [2.75, 3.05) is 5.32 Å². The molecule has 1 heterocycles. The molecule has 2 rings (SSSR count). The van der Waals surface area contributed by atoms with Gasteiger partial charge in [-0.2, -0.15) is 0 Å². The average Bonchev–Trinajstić information content (AvgIpc) is 2.77. The zero-order valence-corrected chi connectivity index (χ0v) is 12.9. The largest absolute Gasteiger partial charge is 0.325 e. The zero-order valence-electron chi connectivity index (χ0n) is 10.5. The molecular formula is C12H13BrN4OS. The SMILES string of the molecule is Cc1nc(S[C@H](C)C(=O)Nc2ccc(Br)cc2)n[nH]1. The predicted molar refractivity (Wildman–Crippen MR) is 79.2 cm³/mol. The van der Waals surface area contributed by atoms with Crippen LogP contribution >= 0.6 is 27.7 Å². The number of amides is 1. The van der Waals surface area contributed by atoms with Crippen LogP contribution in [-0.2, 0) is 4.79 Å². The normalized spacial score (nSPS) is 12.2. The van der Waals surface area contributed by atoms with E-state index in [9.17, 15) is 4.79 Å². The summed E-state index contributed by atoms with van der Waals surface area (Å²) in [5, 5.41) is 9.91. The first-order chi connectivity index (χ1) is 9.04. The van der Waals surface area contributed by atoms with E-state index in [0.717, 1.165) is 16.0 Å². The Morgan fingerprint density at radius 3 is 2.68 bits per heavy atom. The Balaban J connectivity index is 1.94. The molecule has 19 heavy (non-hydrogen) atoms. The maximum atomic E-state index is 12.0. The van der Waals surface area contributed by atoms with E-state index < -0.39 is 0 Å². The summed E-state index contributed by atoms with van der Waals surface area (Å²) in [5.74, 6) is 0.665. The number of anilines is 1. The van der Waals surface area contributed by atoms with Crippen LogP contribution in [0.2, 0.25) is 0 Å². The summed E-state index contributed by atoms with van der Waals surface area (Å²) < 4.78 is 0.976. The van der Waals surface area contributed by atoms with Gasteiger partial charge in [-0.15, -0.1) is 5.10 Å². The molecule has 100 valence electrons. The molecule has 2 aromatic rings. The minimum absolute atomic E-state index is 0.0743. The molecule has 0 spiro atoms. The number of aromatic nitrogens is 3. The van der Waals surface area contributed by atoms with Crippen molar-refractivity contribution in [2.24, 2.45) is 0 Å². The van der Waals surface area contributed by atoms with Crippen molar-refractivity contribution in [3.05, 3.63) is 34.6 Å². The lowest BCUT2D eigenvalue weighted by Gasteiger charge is -2.10. The molecule has 0 fully saturated rings. The van der Waals surface area contributed by atoms with E-state index in [4.69, 9.17) is 0 Å². The van der Waals surface area contributed by atoms with Gasteiger partial charge in [-0.3, -0.25) is 9.89 Å². The molecule has 1 amide bonds. The first kappa shape index (κ1) is 14.1. The molecule has 0 saturated carbocycles. The molecule has 2 N–H and O–H groups in total. The summed E-state index contributed by atoms with van der Waals surface area (Å²) in [7, 11) is 0. The molecule has 7 heteroatoms. The molecule has 0 unspecified atom stereocenters. The lowest BCUT2D eigenvalue weighted by atomic mass is 10.3. The number of benzene rings is 1. The first-order valence-electron chi connectivity index (χ1n) is 5.66. The summed E-state index contributed by atoms with van der Waals surface area (Å²) in [6.45, 7) is 3.65. The molecule has 0 bridgehead atoms. The number of rotatable bonds is 4. The molecular weight excluding hydrogens is 328 g/mol. The first-order valence-corrected chi connectivity index (χ1v) is 7.34. The number of hydrogen-bond donors (Lipinski definition) is 2. The van der Waals surface area contributed by atoms with Gasteiger partial charge < -0.3 is 5.32 Å². The second-order valence-electron chi connectivity index (χ2n) is 3.96. The quantitative estimate of drug-likeness (QED) is 0.839. The number of halogens is 1. The fourth-order valence-electron chi connectivity index (χ4n) is 1.36. The second kappa shape index (κ2) is 6.21. The average molecular weight is 341 g/mol. The van der Waals surface area contributed by atoms with Crippen molar-refractivity contribution in [3.8, 4) is 0 Å². The van der Waals surface area contributed by atoms with Crippen LogP contribution in [0.25, 0.3) is 0 Å². The van der Waals surface area contributed by atoms with Crippen molar-refractivity contribution in [3.63, 3.8) is 0 Å². The van der Waals surface area contributed by atoms with Gasteiger partial charge in [0.25, 0.3) is 0 Å². The number of thioether (sulfide) groups is 1. The van der Waals surface area contributed by atoms with Gasteiger partial charge in [-0.05, 0) is 38.1 Å². The highest BCUT2D eigenvalue weighted by atomic mass is 79.9. The van der Waals surface area contributed by atoms with Crippen LogP contribution in [0.4, 0.5) is 5.69 Å². The van der Waals surface area contributed by atoms with E-state index in [2.05, 4.69) is 36.4 Å². The number of H-pyrrole nitrogens is 1. The van der Waals surface area contributed by atoms with Gasteiger partial charge in [0.05, 0.1) is 5.25 Å². The van der Waals surface area contributed by atoms with Crippen LogP contribution in [0.3, 0.4) is 0 Å².